The zero-order valence-corrected chi connectivity index (χ0v) is 11.2. The lowest BCUT2D eigenvalue weighted by Crippen LogP contribution is -2.39. The Bertz CT molecular complexity index is 497. The van der Waals surface area contributed by atoms with Gasteiger partial charge in [0.05, 0.1) is 31.6 Å². The van der Waals surface area contributed by atoms with Gasteiger partial charge in [0, 0.05) is 19.3 Å². The molecule has 0 radical (unpaired) electrons. The fourth-order valence-electron chi connectivity index (χ4n) is 1.63. The first-order chi connectivity index (χ1) is 9.12. The topological polar surface area (TPSA) is 104 Å². The van der Waals surface area contributed by atoms with E-state index in [1.807, 2.05) is 0 Å². The van der Waals surface area contributed by atoms with E-state index in [1.165, 1.54) is 12.3 Å². The molecule has 0 aromatic carbocycles. The first kappa shape index (κ1) is 14.4. The van der Waals surface area contributed by atoms with Crippen LogP contribution in [-0.2, 0) is 26.0 Å². The number of nitrogens with two attached hydrogens (primary N) is 1. The summed E-state index contributed by atoms with van der Waals surface area (Å²) in [5.41, 5.74) is 6.05. The third-order valence-corrected chi connectivity index (χ3v) is 4.11. The summed E-state index contributed by atoms with van der Waals surface area (Å²) in [6.07, 6.45) is 1.04. The van der Waals surface area contributed by atoms with E-state index in [2.05, 4.69) is 9.71 Å². The summed E-state index contributed by atoms with van der Waals surface area (Å²) in [7, 11) is -3.57. The van der Waals surface area contributed by atoms with Gasteiger partial charge in [0.2, 0.25) is 10.0 Å². The predicted octanol–water partition coefficient (Wildman–Crippen LogP) is -0.766. The third kappa shape index (κ3) is 3.95. The lowest BCUT2D eigenvalue weighted by molar-refractivity contribution is -0.0846. The quantitative estimate of drug-likeness (QED) is 0.737. The molecule has 0 bridgehead atoms. The number of aromatic nitrogens is 1. The lowest BCUT2D eigenvalue weighted by atomic mass is 10.3. The molecule has 1 fully saturated rings. The Morgan fingerprint density at radius 3 is 2.84 bits per heavy atom. The fraction of sp³-hybridized carbons (Fsp3) is 0.545. The molecular weight excluding hydrogens is 270 g/mol. The first-order valence-electron chi connectivity index (χ1n) is 5.96. The Morgan fingerprint density at radius 1 is 1.42 bits per heavy atom. The Hall–Kier alpha value is -1.06. The van der Waals surface area contributed by atoms with E-state index < -0.39 is 10.0 Å². The van der Waals surface area contributed by atoms with Crippen molar-refractivity contribution in [1.29, 1.82) is 0 Å². The van der Waals surface area contributed by atoms with Gasteiger partial charge in [-0.05, 0) is 12.1 Å². The molecule has 106 valence electrons. The van der Waals surface area contributed by atoms with Gasteiger partial charge in [0.25, 0.3) is 0 Å². The molecule has 7 nitrogen and oxygen atoms in total. The van der Waals surface area contributed by atoms with Gasteiger partial charge in [-0.15, -0.1) is 0 Å². The Labute approximate surface area is 112 Å². The van der Waals surface area contributed by atoms with Crippen LogP contribution in [0, 0.1) is 0 Å². The second-order valence-corrected chi connectivity index (χ2v) is 5.88. The van der Waals surface area contributed by atoms with Crippen molar-refractivity contribution in [2.75, 3.05) is 26.4 Å². The average molecular weight is 287 g/mol. The second-order valence-electron chi connectivity index (χ2n) is 4.11. The highest BCUT2D eigenvalue weighted by Crippen LogP contribution is 2.08. The summed E-state index contributed by atoms with van der Waals surface area (Å²) in [5, 5.41) is 0. The molecule has 1 aliphatic heterocycles. The number of hydrogen-bond donors (Lipinski definition) is 2. The van der Waals surface area contributed by atoms with Crippen LogP contribution in [0.4, 0.5) is 0 Å². The lowest BCUT2D eigenvalue weighted by Gasteiger charge is -2.23. The number of hydrogen-bond acceptors (Lipinski definition) is 6. The van der Waals surface area contributed by atoms with Crippen LogP contribution in [0.2, 0.25) is 0 Å². The van der Waals surface area contributed by atoms with Crippen LogP contribution in [0.5, 0.6) is 0 Å². The summed E-state index contributed by atoms with van der Waals surface area (Å²) in [5.74, 6) is 0. The first-order valence-corrected chi connectivity index (χ1v) is 7.44. The third-order valence-electron chi connectivity index (χ3n) is 2.70. The molecule has 8 heteroatoms. The molecule has 1 unspecified atom stereocenters. The standard InChI is InChI=1S/C11H17N3O4S/c12-5-9-1-2-11(7-13-9)19(15,16)14-6-10-8-17-3-4-18-10/h1-2,7,10,14H,3-6,8,12H2. The smallest absolute Gasteiger partial charge is 0.242 e. The van der Waals surface area contributed by atoms with Gasteiger partial charge < -0.3 is 15.2 Å². The molecule has 19 heavy (non-hydrogen) atoms. The minimum atomic E-state index is -3.57. The molecule has 3 N–H and O–H groups in total. The van der Waals surface area contributed by atoms with Crippen LogP contribution < -0.4 is 10.5 Å². The van der Waals surface area contributed by atoms with Gasteiger partial charge in [-0.3, -0.25) is 4.98 Å². The Kier molecular flexibility index (Phi) is 4.83. The minimum absolute atomic E-state index is 0.112. The van der Waals surface area contributed by atoms with Gasteiger partial charge in [0.1, 0.15) is 4.90 Å². The molecule has 0 aliphatic carbocycles. The van der Waals surface area contributed by atoms with Crippen molar-refractivity contribution in [2.24, 2.45) is 5.73 Å². The molecule has 0 spiro atoms. The van der Waals surface area contributed by atoms with Crippen molar-refractivity contribution >= 4 is 10.0 Å². The molecule has 0 amide bonds. The van der Waals surface area contributed by atoms with Crippen LogP contribution >= 0.6 is 0 Å². The van der Waals surface area contributed by atoms with Gasteiger partial charge in [-0.2, -0.15) is 0 Å². The van der Waals surface area contributed by atoms with Gasteiger partial charge in [0.15, 0.2) is 0 Å². The van der Waals surface area contributed by atoms with Crippen molar-refractivity contribution < 1.29 is 17.9 Å². The van der Waals surface area contributed by atoms with Gasteiger partial charge >= 0.3 is 0 Å². The summed E-state index contributed by atoms with van der Waals surface area (Å²) < 4.78 is 37.0. The number of nitrogens with one attached hydrogen (secondary N) is 1. The molecule has 1 aromatic rings. The van der Waals surface area contributed by atoms with Crippen LogP contribution in [0.15, 0.2) is 23.2 Å². The molecule has 1 atom stereocenters. The maximum atomic E-state index is 12.0. The summed E-state index contributed by atoms with van der Waals surface area (Å²) >= 11 is 0. The van der Waals surface area contributed by atoms with E-state index in [9.17, 15) is 8.42 Å². The predicted molar refractivity (Wildman–Crippen MR) is 67.9 cm³/mol. The van der Waals surface area contributed by atoms with Crippen molar-refractivity contribution in [2.45, 2.75) is 17.5 Å². The summed E-state index contributed by atoms with van der Waals surface area (Å²) in [4.78, 5) is 4.07. The number of sulfonamides is 1. The average Bonchev–Trinajstić information content (AvgIpc) is 2.46. The van der Waals surface area contributed by atoms with E-state index in [4.69, 9.17) is 15.2 Å². The number of ether oxygens (including phenoxy) is 2. The molecule has 1 aromatic heterocycles. The largest absolute Gasteiger partial charge is 0.376 e. The highest BCUT2D eigenvalue weighted by atomic mass is 32.2. The SMILES string of the molecule is NCc1ccc(S(=O)(=O)NCC2COCCO2)cn1. The maximum absolute atomic E-state index is 12.0. The van der Waals surface area contributed by atoms with Crippen LogP contribution in [0.1, 0.15) is 5.69 Å². The maximum Gasteiger partial charge on any atom is 0.242 e. The van der Waals surface area contributed by atoms with Crippen LogP contribution in [0.3, 0.4) is 0 Å². The zero-order valence-electron chi connectivity index (χ0n) is 10.4. The molecule has 1 aliphatic rings. The summed E-state index contributed by atoms with van der Waals surface area (Å²) in [6, 6.07) is 3.07. The summed E-state index contributed by atoms with van der Waals surface area (Å²) in [6.45, 7) is 1.89. The highest BCUT2D eigenvalue weighted by molar-refractivity contribution is 7.89. The van der Waals surface area contributed by atoms with E-state index in [0.717, 1.165) is 0 Å². The van der Waals surface area contributed by atoms with Crippen molar-refractivity contribution in [1.82, 2.24) is 9.71 Å². The zero-order chi connectivity index (χ0) is 13.7. The van der Waals surface area contributed by atoms with Gasteiger partial charge in [-0.1, -0.05) is 0 Å². The normalized spacial score (nSPS) is 20.4. The monoisotopic (exact) mass is 287 g/mol. The number of pyridine rings is 1. The second kappa shape index (κ2) is 6.40. The Balaban J connectivity index is 1.96. The van der Waals surface area contributed by atoms with E-state index in [-0.39, 0.29) is 24.1 Å². The van der Waals surface area contributed by atoms with E-state index in [0.29, 0.717) is 25.5 Å². The van der Waals surface area contributed by atoms with Crippen LogP contribution in [-0.4, -0.2) is 45.9 Å². The molecule has 1 saturated heterocycles. The van der Waals surface area contributed by atoms with Gasteiger partial charge in [-0.25, -0.2) is 13.1 Å². The number of nitrogens with zero attached hydrogens (tertiary/aromatic N) is 1. The van der Waals surface area contributed by atoms with Crippen molar-refractivity contribution in [3.63, 3.8) is 0 Å². The van der Waals surface area contributed by atoms with E-state index >= 15 is 0 Å². The minimum Gasteiger partial charge on any atom is -0.376 e. The van der Waals surface area contributed by atoms with Crippen LogP contribution in [0.25, 0.3) is 0 Å². The molecule has 2 rings (SSSR count). The van der Waals surface area contributed by atoms with Crippen molar-refractivity contribution in [3.8, 4) is 0 Å². The Morgan fingerprint density at radius 2 is 2.26 bits per heavy atom. The molecule has 2 heterocycles. The molecular formula is C11H17N3O4S. The van der Waals surface area contributed by atoms with Crippen molar-refractivity contribution in [3.05, 3.63) is 24.0 Å². The highest BCUT2D eigenvalue weighted by Gasteiger charge is 2.19. The fourth-order valence-corrected chi connectivity index (χ4v) is 2.64. The van der Waals surface area contributed by atoms with E-state index in [1.54, 1.807) is 6.07 Å². The number of rotatable bonds is 5. The molecule has 0 saturated carbocycles.